The molecule has 4 rings (SSSR count). The zero-order chi connectivity index (χ0) is 17.2. The van der Waals surface area contributed by atoms with E-state index >= 15 is 0 Å². The lowest BCUT2D eigenvalue weighted by Gasteiger charge is -2.19. The summed E-state index contributed by atoms with van der Waals surface area (Å²) in [6, 6.07) is 16.5. The van der Waals surface area contributed by atoms with Crippen molar-refractivity contribution in [3.8, 4) is 0 Å². The number of rotatable bonds is 2. The maximum atomic E-state index is 11.6. The molecule has 0 amide bonds. The summed E-state index contributed by atoms with van der Waals surface area (Å²) in [5.74, 6) is 0.139. The lowest BCUT2D eigenvalue weighted by Crippen LogP contribution is -2.11. The quantitative estimate of drug-likeness (QED) is 0.523. The number of benzene rings is 2. The number of hydrogen-bond donors (Lipinski definition) is 0. The zero-order valence-electron chi connectivity index (χ0n) is 13.7. The number of hydrogen-bond acceptors (Lipinski definition) is 4. The van der Waals surface area contributed by atoms with Crippen LogP contribution in [0.2, 0.25) is 0 Å². The average Bonchev–Trinajstić information content (AvgIpc) is 2.84. The second-order valence-corrected chi connectivity index (χ2v) is 5.85. The minimum absolute atomic E-state index is 0.0888. The lowest BCUT2D eigenvalue weighted by molar-refractivity contribution is 0.0599. The molecule has 0 atom stereocenters. The molecule has 4 heteroatoms. The Labute approximate surface area is 145 Å². The van der Waals surface area contributed by atoms with Crippen LogP contribution in [-0.4, -0.2) is 23.0 Å². The minimum Gasteiger partial charge on any atom is -0.465 e. The van der Waals surface area contributed by atoms with Gasteiger partial charge in [0.1, 0.15) is 5.82 Å². The van der Waals surface area contributed by atoms with Crippen LogP contribution in [0.3, 0.4) is 0 Å². The molecule has 1 aromatic heterocycles. The van der Waals surface area contributed by atoms with E-state index in [1.807, 2.05) is 24.3 Å². The summed E-state index contributed by atoms with van der Waals surface area (Å²) in [4.78, 5) is 20.6. The Morgan fingerprint density at radius 3 is 1.92 bits per heavy atom. The number of esters is 1. The van der Waals surface area contributed by atoms with E-state index in [4.69, 9.17) is 4.74 Å². The van der Waals surface area contributed by atoms with Gasteiger partial charge in [0.05, 0.1) is 18.6 Å². The first-order valence-electron chi connectivity index (χ1n) is 8.04. The van der Waals surface area contributed by atoms with Crippen molar-refractivity contribution in [1.82, 2.24) is 9.97 Å². The zero-order valence-corrected chi connectivity index (χ0v) is 13.7. The predicted molar refractivity (Wildman–Crippen MR) is 96.1 cm³/mol. The van der Waals surface area contributed by atoms with Gasteiger partial charge in [-0.3, -0.25) is 0 Å². The van der Waals surface area contributed by atoms with Gasteiger partial charge in [-0.05, 0) is 22.3 Å². The Bertz CT molecular complexity index is 912. The molecular weight excluding hydrogens is 312 g/mol. The molecule has 0 bridgehead atoms. The van der Waals surface area contributed by atoms with E-state index in [1.165, 1.54) is 19.5 Å². The highest BCUT2D eigenvalue weighted by Gasteiger charge is 2.25. The molecule has 25 heavy (non-hydrogen) atoms. The highest BCUT2D eigenvalue weighted by atomic mass is 16.5. The monoisotopic (exact) mass is 328 g/mol. The van der Waals surface area contributed by atoms with Crippen LogP contribution in [-0.2, 0) is 4.74 Å². The number of ether oxygens (including phenoxy) is 1. The maximum Gasteiger partial charge on any atom is 0.341 e. The molecule has 1 aliphatic carbocycles. The molecule has 0 aliphatic heterocycles. The van der Waals surface area contributed by atoms with Crippen molar-refractivity contribution in [1.29, 1.82) is 0 Å². The fourth-order valence-corrected chi connectivity index (χ4v) is 3.19. The van der Waals surface area contributed by atoms with Crippen LogP contribution >= 0.6 is 0 Å². The summed E-state index contributed by atoms with van der Waals surface area (Å²) in [7, 11) is 1.35. The van der Waals surface area contributed by atoms with Gasteiger partial charge in [0.15, 0.2) is 0 Å². The van der Waals surface area contributed by atoms with E-state index < -0.39 is 5.97 Å². The van der Waals surface area contributed by atoms with E-state index in [0.717, 1.165) is 22.3 Å². The fourth-order valence-electron chi connectivity index (χ4n) is 3.19. The lowest BCUT2D eigenvalue weighted by atomic mass is 9.87. The maximum absolute atomic E-state index is 11.6. The number of methoxy groups -OCH3 is 1. The summed E-state index contributed by atoms with van der Waals surface area (Å²) in [5, 5.41) is 0. The Balaban J connectivity index is 1.88. The highest BCUT2D eigenvalue weighted by molar-refractivity contribution is 5.88. The van der Waals surface area contributed by atoms with Crippen LogP contribution in [0.4, 0.5) is 0 Å². The molecule has 0 spiro atoms. The van der Waals surface area contributed by atoms with E-state index in [-0.39, 0.29) is 5.92 Å². The molecule has 0 N–H and O–H groups in total. The number of aromatic nitrogens is 2. The summed E-state index contributed by atoms with van der Waals surface area (Å²) >= 11 is 0. The molecule has 2 aromatic carbocycles. The van der Waals surface area contributed by atoms with Crippen molar-refractivity contribution in [3.63, 3.8) is 0 Å². The number of fused-ring (bicyclic) bond motifs is 2. The smallest absolute Gasteiger partial charge is 0.341 e. The van der Waals surface area contributed by atoms with Crippen LogP contribution in [0.5, 0.6) is 0 Å². The van der Waals surface area contributed by atoms with Crippen LogP contribution in [0.25, 0.3) is 12.2 Å². The summed E-state index contributed by atoms with van der Waals surface area (Å²) in [6.45, 7) is 0. The van der Waals surface area contributed by atoms with Crippen molar-refractivity contribution in [2.75, 3.05) is 7.11 Å². The van der Waals surface area contributed by atoms with Gasteiger partial charge in [-0.2, -0.15) is 0 Å². The molecule has 1 heterocycles. The largest absolute Gasteiger partial charge is 0.465 e. The molecule has 0 radical (unpaired) electrons. The minimum atomic E-state index is -0.435. The Morgan fingerprint density at radius 2 is 1.40 bits per heavy atom. The first kappa shape index (κ1) is 15.3. The molecule has 0 saturated heterocycles. The standard InChI is InChI=1S/C21H16N2O2/c1-25-21(24)16-12-22-20(23-13-16)19-17-8-4-2-6-14(17)10-11-15-7-3-5-9-18(15)19/h2-13,19H,1H3. The summed E-state index contributed by atoms with van der Waals surface area (Å²) < 4.78 is 4.73. The first-order valence-corrected chi connectivity index (χ1v) is 8.04. The Hall–Kier alpha value is -3.27. The van der Waals surface area contributed by atoms with Crippen molar-refractivity contribution in [2.24, 2.45) is 0 Å². The molecule has 0 saturated carbocycles. The summed E-state index contributed by atoms with van der Waals surface area (Å²) in [6.07, 6.45) is 7.30. The normalized spacial score (nSPS) is 12.8. The van der Waals surface area contributed by atoms with Gasteiger partial charge in [0.25, 0.3) is 0 Å². The molecule has 3 aromatic rings. The second-order valence-electron chi connectivity index (χ2n) is 5.85. The second kappa shape index (κ2) is 6.32. The third-order valence-electron chi connectivity index (χ3n) is 4.41. The Morgan fingerprint density at radius 1 is 0.880 bits per heavy atom. The molecular formula is C21H16N2O2. The highest BCUT2D eigenvalue weighted by Crippen LogP contribution is 2.37. The number of carbonyl (C=O) groups is 1. The van der Waals surface area contributed by atoms with Crippen LogP contribution in [0, 0.1) is 0 Å². The van der Waals surface area contributed by atoms with Crippen molar-refractivity contribution >= 4 is 18.1 Å². The molecule has 0 unspecified atom stereocenters. The van der Waals surface area contributed by atoms with Gasteiger partial charge in [-0.1, -0.05) is 60.7 Å². The number of carbonyl (C=O) groups excluding carboxylic acids is 1. The molecule has 1 aliphatic rings. The van der Waals surface area contributed by atoms with Crippen LogP contribution in [0.1, 0.15) is 44.4 Å². The van der Waals surface area contributed by atoms with Gasteiger partial charge >= 0.3 is 5.97 Å². The third-order valence-corrected chi connectivity index (χ3v) is 4.41. The SMILES string of the molecule is COC(=O)c1cnc(C2c3ccccc3C=Cc3ccccc32)nc1. The topological polar surface area (TPSA) is 52.1 Å². The van der Waals surface area contributed by atoms with Crippen LogP contribution < -0.4 is 0 Å². The van der Waals surface area contributed by atoms with Crippen molar-refractivity contribution < 1.29 is 9.53 Å². The van der Waals surface area contributed by atoms with Gasteiger partial charge < -0.3 is 4.74 Å². The van der Waals surface area contributed by atoms with E-state index in [9.17, 15) is 4.79 Å². The first-order chi connectivity index (χ1) is 12.3. The fraction of sp³-hybridized carbons (Fsp3) is 0.0952. The number of nitrogens with zero attached hydrogens (tertiary/aromatic N) is 2. The van der Waals surface area contributed by atoms with Gasteiger partial charge in [0, 0.05) is 12.4 Å². The molecule has 122 valence electrons. The predicted octanol–water partition coefficient (Wildman–Crippen LogP) is 3.93. The van der Waals surface area contributed by atoms with Gasteiger partial charge in [-0.15, -0.1) is 0 Å². The third kappa shape index (κ3) is 2.72. The van der Waals surface area contributed by atoms with E-state index in [2.05, 4.69) is 46.4 Å². The van der Waals surface area contributed by atoms with Gasteiger partial charge in [-0.25, -0.2) is 14.8 Å². The Kier molecular flexibility index (Phi) is 3.86. The van der Waals surface area contributed by atoms with E-state index in [0.29, 0.717) is 11.4 Å². The van der Waals surface area contributed by atoms with Crippen molar-refractivity contribution in [3.05, 3.63) is 94.6 Å². The molecule has 4 nitrogen and oxygen atoms in total. The van der Waals surface area contributed by atoms with Gasteiger partial charge in [0.2, 0.25) is 0 Å². The average molecular weight is 328 g/mol. The summed E-state index contributed by atoms with van der Waals surface area (Å²) in [5.41, 5.74) is 4.93. The van der Waals surface area contributed by atoms with Crippen molar-refractivity contribution in [2.45, 2.75) is 5.92 Å². The molecule has 0 fully saturated rings. The van der Waals surface area contributed by atoms with E-state index in [1.54, 1.807) is 0 Å². The van der Waals surface area contributed by atoms with Crippen LogP contribution in [0.15, 0.2) is 60.9 Å².